The Labute approximate surface area is 126 Å². The van der Waals surface area contributed by atoms with Gasteiger partial charge in [0, 0.05) is 31.3 Å². The van der Waals surface area contributed by atoms with Crippen LogP contribution in [0.3, 0.4) is 0 Å². The van der Waals surface area contributed by atoms with Crippen LogP contribution in [0.15, 0.2) is 18.2 Å². The molecule has 0 radical (unpaired) electrons. The minimum absolute atomic E-state index is 0.0180. The third-order valence-corrected chi connectivity index (χ3v) is 3.31. The van der Waals surface area contributed by atoms with Crippen LogP contribution < -0.4 is 20.1 Å². The lowest BCUT2D eigenvalue weighted by Crippen LogP contribution is -2.25. The monoisotopic (exact) mass is 292 g/mol. The first-order valence-electron chi connectivity index (χ1n) is 7.55. The number of carbonyl (C=O) groups is 1. The van der Waals surface area contributed by atoms with E-state index in [-0.39, 0.29) is 12.5 Å². The molecule has 0 aromatic heterocycles. The largest absolute Gasteiger partial charge is 0.493 e. The lowest BCUT2D eigenvalue weighted by molar-refractivity contribution is -0.122. The number of likely N-dealkylation sites (N-methyl/N-ethyl adjacent to an activating group) is 1. The SMILES string of the molecule is CCCOc1ccc(CNC2CC2)c(OCC(=O)NC)c1. The molecule has 1 aromatic rings. The molecule has 1 amide bonds. The highest BCUT2D eigenvalue weighted by atomic mass is 16.5. The molecule has 1 saturated carbocycles. The third kappa shape index (κ3) is 5.27. The zero-order valence-electron chi connectivity index (χ0n) is 12.8. The van der Waals surface area contributed by atoms with Crippen LogP contribution >= 0.6 is 0 Å². The Balaban J connectivity index is 2.02. The van der Waals surface area contributed by atoms with Crippen molar-refractivity contribution in [3.63, 3.8) is 0 Å². The molecule has 1 fully saturated rings. The number of amides is 1. The maximum atomic E-state index is 11.3. The van der Waals surface area contributed by atoms with Crippen molar-refractivity contribution in [3.05, 3.63) is 23.8 Å². The van der Waals surface area contributed by atoms with Gasteiger partial charge in [-0.2, -0.15) is 0 Å². The van der Waals surface area contributed by atoms with Crippen molar-refractivity contribution >= 4 is 5.91 Å². The Hall–Kier alpha value is -1.75. The molecule has 1 aliphatic carbocycles. The number of hydrogen-bond donors (Lipinski definition) is 2. The molecule has 5 heteroatoms. The predicted octanol–water partition coefficient (Wildman–Crippen LogP) is 1.85. The van der Waals surface area contributed by atoms with Gasteiger partial charge in [0.25, 0.3) is 5.91 Å². The lowest BCUT2D eigenvalue weighted by atomic mass is 10.2. The first-order valence-corrected chi connectivity index (χ1v) is 7.55. The third-order valence-electron chi connectivity index (χ3n) is 3.31. The van der Waals surface area contributed by atoms with Gasteiger partial charge in [-0.05, 0) is 25.3 Å². The van der Waals surface area contributed by atoms with Gasteiger partial charge in [0.2, 0.25) is 0 Å². The first-order chi connectivity index (χ1) is 10.2. The summed E-state index contributed by atoms with van der Waals surface area (Å²) in [6, 6.07) is 6.45. The van der Waals surface area contributed by atoms with Crippen LogP contribution in [-0.2, 0) is 11.3 Å². The summed E-state index contributed by atoms with van der Waals surface area (Å²) < 4.78 is 11.3. The number of ether oxygens (including phenoxy) is 2. The molecule has 2 rings (SSSR count). The second-order valence-electron chi connectivity index (χ2n) is 5.24. The molecule has 0 aliphatic heterocycles. The van der Waals surface area contributed by atoms with Crippen molar-refractivity contribution < 1.29 is 14.3 Å². The molecular weight excluding hydrogens is 268 g/mol. The minimum atomic E-state index is -0.143. The number of nitrogens with one attached hydrogen (secondary N) is 2. The Morgan fingerprint density at radius 3 is 2.81 bits per heavy atom. The summed E-state index contributed by atoms with van der Waals surface area (Å²) in [6.07, 6.45) is 3.44. The fraction of sp³-hybridized carbons (Fsp3) is 0.562. The Morgan fingerprint density at radius 2 is 2.14 bits per heavy atom. The molecule has 0 spiro atoms. The van der Waals surface area contributed by atoms with Crippen LogP contribution in [-0.4, -0.2) is 32.2 Å². The molecule has 2 N–H and O–H groups in total. The van der Waals surface area contributed by atoms with Crippen LogP contribution in [0.25, 0.3) is 0 Å². The van der Waals surface area contributed by atoms with Gasteiger partial charge in [-0.3, -0.25) is 4.79 Å². The van der Waals surface area contributed by atoms with E-state index in [1.54, 1.807) is 7.05 Å². The minimum Gasteiger partial charge on any atom is -0.493 e. The molecule has 21 heavy (non-hydrogen) atoms. The summed E-state index contributed by atoms with van der Waals surface area (Å²) in [5.74, 6) is 1.34. The molecule has 0 unspecified atom stereocenters. The van der Waals surface area contributed by atoms with Crippen LogP contribution in [0, 0.1) is 0 Å². The van der Waals surface area contributed by atoms with E-state index < -0.39 is 0 Å². The highest BCUT2D eigenvalue weighted by Crippen LogP contribution is 2.27. The standard InChI is InChI=1S/C16H24N2O3/c1-3-8-20-14-7-4-12(10-18-13-5-6-13)15(9-14)21-11-16(19)17-2/h4,7,9,13,18H,3,5-6,8,10-11H2,1-2H3,(H,17,19). The second kappa shape index (κ2) is 7.88. The van der Waals surface area contributed by atoms with Crippen LogP contribution in [0.5, 0.6) is 11.5 Å². The van der Waals surface area contributed by atoms with Gasteiger partial charge in [0.05, 0.1) is 6.61 Å². The molecule has 1 aromatic carbocycles. The molecular formula is C16H24N2O3. The average molecular weight is 292 g/mol. The fourth-order valence-electron chi connectivity index (χ4n) is 1.88. The number of rotatable bonds is 9. The van der Waals surface area contributed by atoms with Crippen molar-refractivity contribution in [2.75, 3.05) is 20.3 Å². The van der Waals surface area contributed by atoms with E-state index in [9.17, 15) is 4.79 Å². The smallest absolute Gasteiger partial charge is 0.257 e. The van der Waals surface area contributed by atoms with Gasteiger partial charge in [0.1, 0.15) is 11.5 Å². The van der Waals surface area contributed by atoms with Crippen LogP contribution in [0.1, 0.15) is 31.7 Å². The normalized spacial score (nSPS) is 13.8. The molecule has 0 bridgehead atoms. The summed E-state index contributed by atoms with van der Waals surface area (Å²) in [4.78, 5) is 11.3. The highest BCUT2D eigenvalue weighted by molar-refractivity contribution is 5.77. The average Bonchev–Trinajstić information content (AvgIpc) is 3.33. The van der Waals surface area contributed by atoms with Crippen LogP contribution in [0.2, 0.25) is 0 Å². The van der Waals surface area contributed by atoms with E-state index in [0.29, 0.717) is 18.4 Å². The van der Waals surface area contributed by atoms with Gasteiger partial charge < -0.3 is 20.1 Å². The van der Waals surface area contributed by atoms with E-state index in [1.165, 1.54) is 12.8 Å². The van der Waals surface area contributed by atoms with Crippen molar-refractivity contribution in [1.82, 2.24) is 10.6 Å². The molecule has 1 aliphatic rings. The Kier molecular flexibility index (Phi) is 5.87. The molecule has 5 nitrogen and oxygen atoms in total. The van der Waals surface area contributed by atoms with E-state index in [0.717, 1.165) is 24.3 Å². The Morgan fingerprint density at radius 1 is 1.33 bits per heavy atom. The van der Waals surface area contributed by atoms with Gasteiger partial charge >= 0.3 is 0 Å². The van der Waals surface area contributed by atoms with E-state index in [1.807, 2.05) is 18.2 Å². The summed E-state index contributed by atoms with van der Waals surface area (Å²) in [7, 11) is 1.60. The molecule has 0 saturated heterocycles. The number of hydrogen-bond acceptors (Lipinski definition) is 4. The number of benzene rings is 1. The first kappa shape index (κ1) is 15.6. The maximum absolute atomic E-state index is 11.3. The lowest BCUT2D eigenvalue weighted by Gasteiger charge is -2.14. The summed E-state index contributed by atoms with van der Waals surface area (Å²) in [6.45, 7) is 3.51. The van der Waals surface area contributed by atoms with Crippen LogP contribution in [0.4, 0.5) is 0 Å². The van der Waals surface area contributed by atoms with Gasteiger partial charge in [-0.15, -0.1) is 0 Å². The maximum Gasteiger partial charge on any atom is 0.257 e. The zero-order valence-corrected chi connectivity index (χ0v) is 12.8. The summed E-state index contributed by atoms with van der Waals surface area (Å²) in [5.41, 5.74) is 1.05. The van der Waals surface area contributed by atoms with Crippen molar-refractivity contribution in [2.24, 2.45) is 0 Å². The van der Waals surface area contributed by atoms with E-state index >= 15 is 0 Å². The van der Waals surface area contributed by atoms with Gasteiger partial charge in [-0.25, -0.2) is 0 Å². The zero-order chi connectivity index (χ0) is 15.1. The van der Waals surface area contributed by atoms with E-state index in [4.69, 9.17) is 9.47 Å². The second-order valence-corrected chi connectivity index (χ2v) is 5.24. The van der Waals surface area contributed by atoms with Gasteiger partial charge in [-0.1, -0.05) is 13.0 Å². The van der Waals surface area contributed by atoms with Crippen molar-refractivity contribution in [1.29, 1.82) is 0 Å². The van der Waals surface area contributed by atoms with Gasteiger partial charge in [0.15, 0.2) is 6.61 Å². The molecule has 0 atom stereocenters. The topological polar surface area (TPSA) is 59.6 Å². The summed E-state index contributed by atoms with van der Waals surface area (Å²) in [5, 5.41) is 6.01. The van der Waals surface area contributed by atoms with Crippen molar-refractivity contribution in [3.8, 4) is 11.5 Å². The quantitative estimate of drug-likeness (QED) is 0.729. The Bertz CT molecular complexity index is 473. The number of carbonyl (C=O) groups excluding carboxylic acids is 1. The fourth-order valence-corrected chi connectivity index (χ4v) is 1.88. The highest BCUT2D eigenvalue weighted by Gasteiger charge is 2.20. The summed E-state index contributed by atoms with van der Waals surface area (Å²) >= 11 is 0. The molecule has 116 valence electrons. The molecule has 0 heterocycles. The predicted molar refractivity (Wildman–Crippen MR) is 81.7 cm³/mol. The van der Waals surface area contributed by atoms with E-state index in [2.05, 4.69) is 17.6 Å². The van der Waals surface area contributed by atoms with Crippen molar-refractivity contribution in [2.45, 2.75) is 38.8 Å².